The zero-order valence-electron chi connectivity index (χ0n) is 11.3. The van der Waals surface area contributed by atoms with Gasteiger partial charge in [0.1, 0.15) is 0 Å². The molecule has 1 amide bonds. The normalized spacial score (nSPS) is 18.1. The number of carbonyl (C=O) groups excluding carboxylic acids is 1. The lowest BCUT2D eigenvalue weighted by atomic mass is 9.93. The first kappa shape index (κ1) is 13.5. The van der Waals surface area contributed by atoms with Crippen LogP contribution in [0.15, 0.2) is 23.6 Å². The van der Waals surface area contributed by atoms with Crippen LogP contribution in [-0.4, -0.2) is 10.9 Å². The van der Waals surface area contributed by atoms with Crippen molar-refractivity contribution in [2.45, 2.75) is 26.2 Å². The molecule has 1 aliphatic carbocycles. The molecule has 20 heavy (non-hydrogen) atoms. The van der Waals surface area contributed by atoms with E-state index in [0.29, 0.717) is 0 Å². The molecule has 3 nitrogen and oxygen atoms in total. The molecule has 3 rings (SSSR count). The first-order chi connectivity index (χ1) is 9.70. The smallest absolute Gasteiger partial charge is 0.250 e. The molecular formula is C15H16N2OS2. The number of fused-ring (bicyclic) bond motifs is 1. The molecule has 0 saturated carbocycles. The number of hydrogen-bond donors (Lipinski definition) is 1. The van der Waals surface area contributed by atoms with Crippen molar-refractivity contribution in [3.63, 3.8) is 0 Å². The number of aromatic nitrogens is 1. The van der Waals surface area contributed by atoms with Crippen LogP contribution >= 0.6 is 22.7 Å². The van der Waals surface area contributed by atoms with Gasteiger partial charge in [-0.15, -0.1) is 22.7 Å². The van der Waals surface area contributed by atoms with Crippen LogP contribution in [0, 0.1) is 5.92 Å². The van der Waals surface area contributed by atoms with Crippen molar-refractivity contribution >= 4 is 39.8 Å². The second-order valence-corrected chi connectivity index (χ2v) is 7.14. The highest BCUT2D eigenvalue weighted by atomic mass is 32.1. The average molecular weight is 304 g/mol. The Morgan fingerprint density at radius 3 is 3.25 bits per heavy atom. The van der Waals surface area contributed by atoms with Gasteiger partial charge in [0, 0.05) is 15.8 Å². The molecule has 0 saturated heterocycles. The second kappa shape index (κ2) is 5.89. The molecule has 0 aromatic carbocycles. The van der Waals surface area contributed by atoms with E-state index in [1.54, 1.807) is 28.7 Å². The third-order valence-corrected chi connectivity index (χ3v) is 5.23. The van der Waals surface area contributed by atoms with Crippen molar-refractivity contribution < 1.29 is 4.79 Å². The van der Waals surface area contributed by atoms with Gasteiger partial charge >= 0.3 is 0 Å². The topological polar surface area (TPSA) is 42.0 Å². The molecule has 1 aliphatic rings. The Balaban J connectivity index is 1.64. The maximum absolute atomic E-state index is 11.9. The van der Waals surface area contributed by atoms with Crippen LogP contribution in [0.1, 0.15) is 28.8 Å². The molecule has 2 aromatic heterocycles. The summed E-state index contributed by atoms with van der Waals surface area (Å²) in [5.74, 6) is 0.614. The van der Waals surface area contributed by atoms with Gasteiger partial charge < -0.3 is 0 Å². The van der Waals surface area contributed by atoms with Crippen LogP contribution in [0.5, 0.6) is 0 Å². The van der Waals surface area contributed by atoms with Gasteiger partial charge in [0.2, 0.25) is 5.91 Å². The van der Waals surface area contributed by atoms with Gasteiger partial charge in [-0.1, -0.05) is 13.0 Å². The number of thiazole rings is 1. The maximum atomic E-state index is 11.9. The Kier molecular flexibility index (Phi) is 3.98. The van der Waals surface area contributed by atoms with Crippen LogP contribution in [-0.2, 0) is 17.6 Å². The standard InChI is InChI=1S/C15H16N2OS2/c1-10-4-6-12-13(9-10)20-15(16-12)17-14(18)7-5-11-3-2-8-19-11/h2-3,5,7-8,10H,4,6,9H2,1H3,(H,16,17,18)/b7-5+/t10-/m0/s1. The minimum absolute atomic E-state index is 0.113. The molecule has 0 unspecified atom stereocenters. The van der Waals surface area contributed by atoms with Gasteiger partial charge in [-0.2, -0.15) is 0 Å². The van der Waals surface area contributed by atoms with Crippen molar-refractivity contribution in [3.05, 3.63) is 39.0 Å². The van der Waals surface area contributed by atoms with E-state index in [4.69, 9.17) is 0 Å². The molecular weight excluding hydrogens is 288 g/mol. The molecule has 0 radical (unpaired) electrons. The molecule has 0 spiro atoms. The van der Waals surface area contributed by atoms with Crippen LogP contribution in [0.4, 0.5) is 5.13 Å². The third kappa shape index (κ3) is 3.16. The van der Waals surface area contributed by atoms with Crippen LogP contribution in [0.3, 0.4) is 0 Å². The number of carbonyl (C=O) groups is 1. The monoisotopic (exact) mass is 304 g/mol. The zero-order valence-corrected chi connectivity index (χ0v) is 12.9. The highest BCUT2D eigenvalue weighted by molar-refractivity contribution is 7.15. The molecule has 1 N–H and O–H groups in total. The van der Waals surface area contributed by atoms with E-state index in [-0.39, 0.29) is 5.91 Å². The SMILES string of the molecule is C[C@H]1CCc2nc(NC(=O)/C=C/c3cccs3)sc2C1. The van der Waals surface area contributed by atoms with Crippen molar-refractivity contribution in [2.24, 2.45) is 5.92 Å². The number of anilines is 1. The van der Waals surface area contributed by atoms with Crippen molar-refractivity contribution in [3.8, 4) is 0 Å². The van der Waals surface area contributed by atoms with E-state index in [1.807, 2.05) is 23.6 Å². The van der Waals surface area contributed by atoms with Gasteiger partial charge in [-0.3, -0.25) is 10.1 Å². The van der Waals surface area contributed by atoms with Crippen LogP contribution < -0.4 is 5.32 Å². The lowest BCUT2D eigenvalue weighted by Gasteiger charge is -2.15. The summed E-state index contributed by atoms with van der Waals surface area (Å²) in [5, 5.41) is 5.58. The molecule has 0 fully saturated rings. The molecule has 104 valence electrons. The fraction of sp³-hybridized carbons (Fsp3) is 0.333. The summed E-state index contributed by atoms with van der Waals surface area (Å²) in [5.41, 5.74) is 1.17. The fourth-order valence-corrected chi connectivity index (χ4v) is 4.08. The lowest BCUT2D eigenvalue weighted by molar-refractivity contribution is -0.111. The van der Waals surface area contributed by atoms with Gasteiger partial charge in [-0.25, -0.2) is 4.98 Å². The van der Waals surface area contributed by atoms with Crippen molar-refractivity contribution in [1.29, 1.82) is 0 Å². The number of rotatable bonds is 3. The van der Waals surface area contributed by atoms with E-state index in [1.165, 1.54) is 17.0 Å². The van der Waals surface area contributed by atoms with Gasteiger partial charge in [0.25, 0.3) is 0 Å². The molecule has 1 atom stereocenters. The molecule has 0 bridgehead atoms. The predicted octanol–water partition coefficient (Wildman–Crippen LogP) is 3.98. The average Bonchev–Trinajstić information content (AvgIpc) is 3.04. The second-order valence-electron chi connectivity index (χ2n) is 5.07. The highest BCUT2D eigenvalue weighted by Crippen LogP contribution is 2.32. The Morgan fingerprint density at radius 1 is 1.55 bits per heavy atom. The number of hydrogen-bond acceptors (Lipinski definition) is 4. The highest BCUT2D eigenvalue weighted by Gasteiger charge is 2.20. The summed E-state index contributed by atoms with van der Waals surface area (Å²) in [7, 11) is 0. The maximum Gasteiger partial charge on any atom is 0.250 e. The van der Waals surface area contributed by atoms with E-state index < -0.39 is 0 Å². The minimum atomic E-state index is -0.113. The molecule has 2 aromatic rings. The third-order valence-electron chi connectivity index (χ3n) is 3.36. The predicted molar refractivity (Wildman–Crippen MR) is 85.3 cm³/mol. The Hall–Kier alpha value is -1.46. The van der Waals surface area contributed by atoms with E-state index in [0.717, 1.165) is 28.8 Å². The number of aryl methyl sites for hydroxylation is 1. The zero-order chi connectivity index (χ0) is 13.9. The number of thiophene rings is 1. The number of nitrogens with zero attached hydrogens (tertiary/aromatic N) is 1. The van der Waals surface area contributed by atoms with E-state index in [9.17, 15) is 4.79 Å². The summed E-state index contributed by atoms with van der Waals surface area (Å²) < 4.78 is 0. The van der Waals surface area contributed by atoms with Crippen molar-refractivity contribution in [1.82, 2.24) is 4.98 Å². The Morgan fingerprint density at radius 2 is 2.45 bits per heavy atom. The summed E-state index contributed by atoms with van der Waals surface area (Å²) >= 11 is 3.23. The Labute approximate surface area is 126 Å². The van der Waals surface area contributed by atoms with Gasteiger partial charge in [-0.05, 0) is 42.7 Å². The quantitative estimate of drug-likeness (QED) is 0.871. The largest absolute Gasteiger partial charge is 0.298 e. The van der Waals surface area contributed by atoms with Crippen molar-refractivity contribution in [2.75, 3.05) is 5.32 Å². The van der Waals surface area contributed by atoms with E-state index >= 15 is 0 Å². The first-order valence-electron chi connectivity index (χ1n) is 6.72. The summed E-state index contributed by atoms with van der Waals surface area (Å²) in [6, 6.07) is 3.95. The fourth-order valence-electron chi connectivity index (χ4n) is 2.28. The van der Waals surface area contributed by atoms with Crippen LogP contribution in [0.2, 0.25) is 0 Å². The summed E-state index contributed by atoms with van der Waals surface area (Å²) in [6.45, 7) is 2.27. The summed E-state index contributed by atoms with van der Waals surface area (Å²) in [6.07, 6.45) is 6.72. The van der Waals surface area contributed by atoms with Crippen LogP contribution in [0.25, 0.3) is 6.08 Å². The summed E-state index contributed by atoms with van der Waals surface area (Å²) in [4.78, 5) is 18.8. The molecule has 2 heterocycles. The Bertz CT molecular complexity index is 628. The van der Waals surface area contributed by atoms with Gasteiger partial charge in [0.15, 0.2) is 5.13 Å². The molecule has 5 heteroatoms. The molecule has 0 aliphatic heterocycles. The lowest BCUT2D eigenvalue weighted by Crippen LogP contribution is -2.09. The van der Waals surface area contributed by atoms with E-state index in [2.05, 4.69) is 17.2 Å². The first-order valence-corrected chi connectivity index (χ1v) is 8.41. The minimum Gasteiger partial charge on any atom is -0.298 e. The number of amides is 1. The number of nitrogens with one attached hydrogen (secondary N) is 1. The van der Waals surface area contributed by atoms with Gasteiger partial charge in [0.05, 0.1) is 5.69 Å².